The molecule has 0 saturated carbocycles. The zero-order valence-electron chi connectivity index (χ0n) is 12.5. The van der Waals surface area contributed by atoms with E-state index in [0.717, 1.165) is 44.7 Å². The normalized spacial score (nSPS) is 20.6. The lowest BCUT2D eigenvalue weighted by atomic mass is 9.99. The first-order chi connectivity index (χ1) is 9.72. The number of piperidine rings is 1. The quantitative estimate of drug-likeness (QED) is 0.777. The van der Waals surface area contributed by atoms with Crippen LogP contribution in [0.4, 0.5) is 0 Å². The number of fused-ring (bicyclic) bond motifs is 1. The fourth-order valence-electron chi connectivity index (χ4n) is 3.28. The minimum atomic E-state index is 0.231. The summed E-state index contributed by atoms with van der Waals surface area (Å²) in [6.07, 6.45) is 10.4. The summed E-state index contributed by atoms with van der Waals surface area (Å²) in [7, 11) is 0. The van der Waals surface area contributed by atoms with Crippen LogP contribution in [0.1, 0.15) is 50.3 Å². The molecule has 0 atom stereocenters. The van der Waals surface area contributed by atoms with E-state index in [0.29, 0.717) is 6.54 Å². The van der Waals surface area contributed by atoms with Crippen molar-refractivity contribution in [1.29, 1.82) is 0 Å². The molecule has 0 radical (unpaired) electrons. The topological polar surface area (TPSA) is 38.1 Å². The average Bonchev–Trinajstić information content (AvgIpc) is 2.68. The Balaban J connectivity index is 1.61. The monoisotopic (exact) mass is 275 g/mol. The van der Waals surface area contributed by atoms with Gasteiger partial charge in [-0.2, -0.15) is 5.10 Å². The predicted molar refractivity (Wildman–Crippen MR) is 78.5 cm³/mol. The number of likely N-dealkylation sites (tertiary alicyclic amines) is 1. The third-order valence-electron chi connectivity index (χ3n) is 4.72. The highest BCUT2D eigenvalue weighted by Crippen LogP contribution is 2.20. The highest BCUT2D eigenvalue weighted by molar-refractivity contribution is 5.76. The summed E-state index contributed by atoms with van der Waals surface area (Å²) in [5.74, 6) is 0.995. The lowest BCUT2D eigenvalue weighted by molar-refractivity contribution is -0.133. The molecular weight excluding hydrogens is 250 g/mol. The first kappa shape index (κ1) is 13.7. The van der Waals surface area contributed by atoms with Gasteiger partial charge >= 0.3 is 0 Å². The van der Waals surface area contributed by atoms with E-state index >= 15 is 0 Å². The summed E-state index contributed by atoms with van der Waals surface area (Å²) in [4.78, 5) is 14.3. The summed E-state index contributed by atoms with van der Waals surface area (Å²) < 4.78 is 1.87. The Bertz CT molecular complexity index is 449. The molecule has 1 aliphatic heterocycles. The lowest BCUT2D eigenvalue weighted by Crippen LogP contribution is -2.39. The second-order valence-corrected chi connectivity index (χ2v) is 6.42. The molecule has 4 nitrogen and oxygen atoms in total. The van der Waals surface area contributed by atoms with Crippen LogP contribution in [-0.2, 0) is 24.2 Å². The van der Waals surface area contributed by atoms with E-state index in [-0.39, 0.29) is 5.91 Å². The molecule has 2 heterocycles. The number of hydrogen-bond donors (Lipinski definition) is 0. The standard InChI is InChI=1S/C16H25N3O/c1-13-7-9-18(10-8-13)16(20)12-19-11-14-5-3-2-4-6-15(14)17-19/h11,13H,2-10,12H2,1H3. The molecule has 1 fully saturated rings. The van der Waals surface area contributed by atoms with Gasteiger partial charge in [-0.1, -0.05) is 13.3 Å². The SMILES string of the molecule is CC1CCN(C(=O)Cn2cc3c(n2)CCCCC3)CC1. The zero-order chi connectivity index (χ0) is 13.9. The van der Waals surface area contributed by atoms with E-state index in [9.17, 15) is 4.79 Å². The highest BCUT2D eigenvalue weighted by Gasteiger charge is 2.21. The Kier molecular flexibility index (Phi) is 4.08. The molecular formula is C16H25N3O. The highest BCUT2D eigenvalue weighted by atomic mass is 16.2. The fourth-order valence-corrected chi connectivity index (χ4v) is 3.28. The van der Waals surface area contributed by atoms with Crippen LogP contribution in [0.25, 0.3) is 0 Å². The van der Waals surface area contributed by atoms with Crippen molar-refractivity contribution in [2.45, 2.75) is 58.4 Å². The number of carbonyl (C=O) groups is 1. The van der Waals surface area contributed by atoms with Crippen molar-refractivity contribution in [3.8, 4) is 0 Å². The molecule has 1 amide bonds. The van der Waals surface area contributed by atoms with Crippen LogP contribution in [0.2, 0.25) is 0 Å². The Morgan fingerprint density at radius 3 is 2.80 bits per heavy atom. The molecule has 110 valence electrons. The number of nitrogens with zero attached hydrogens (tertiary/aromatic N) is 3. The number of aryl methyl sites for hydroxylation is 2. The van der Waals surface area contributed by atoms with Crippen LogP contribution in [-0.4, -0.2) is 33.7 Å². The Morgan fingerprint density at radius 2 is 2.00 bits per heavy atom. The molecule has 0 N–H and O–H groups in total. The molecule has 1 aromatic heterocycles. The number of amides is 1. The maximum atomic E-state index is 12.3. The van der Waals surface area contributed by atoms with Crippen LogP contribution in [0, 0.1) is 5.92 Å². The second-order valence-electron chi connectivity index (χ2n) is 6.42. The van der Waals surface area contributed by atoms with Crippen molar-refractivity contribution in [2.75, 3.05) is 13.1 Å². The largest absolute Gasteiger partial charge is 0.341 e. The van der Waals surface area contributed by atoms with Crippen LogP contribution in [0.15, 0.2) is 6.20 Å². The van der Waals surface area contributed by atoms with E-state index in [4.69, 9.17) is 0 Å². The molecule has 1 aromatic rings. The van der Waals surface area contributed by atoms with Crippen molar-refractivity contribution in [2.24, 2.45) is 5.92 Å². The van der Waals surface area contributed by atoms with E-state index in [2.05, 4.69) is 18.2 Å². The minimum absolute atomic E-state index is 0.231. The molecule has 4 heteroatoms. The van der Waals surface area contributed by atoms with Gasteiger partial charge in [0.2, 0.25) is 5.91 Å². The Hall–Kier alpha value is -1.32. The third-order valence-corrected chi connectivity index (χ3v) is 4.72. The number of rotatable bonds is 2. The van der Waals surface area contributed by atoms with E-state index in [1.165, 1.54) is 30.5 Å². The third kappa shape index (κ3) is 3.05. The molecule has 1 aliphatic carbocycles. The summed E-state index contributed by atoms with van der Waals surface area (Å²) in [6.45, 7) is 4.52. The predicted octanol–water partition coefficient (Wildman–Crippen LogP) is 2.41. The lowest BCUT2D eigenvalue weighted by Gasteiger charge is -2.30. The molecule has 0 spiro atoms. The van der Waals surface area contributed by atoms with Crippen LogP contribution in [0.3, 0.4) is 0 Å². The maximum absolute atomic E-state index is 12.3. The maximum Gasteiger partial charge on any atom is 0.244 e. The summed E-state index contributed by atoms with van der Waals surface area (Å²) in [5, 5.41) is 4.63. The molecule has 20 heavy (non-hydrogen) atoms. The van der Waals surface area contributed by atoms with Crippen molar-refractivity contribution in [1.82, 2.24) is 14.7 Å². The minimum Gasteiger partial charge on any atom is -0.341 e. The molecule has 3 rings (SSSR count). The van der Waals surface area contributed by atoms with E-state index < -0.39 is 0 Å². The van der Waals surface area contributed by atoms with Gasteiger partial charge in [-0.25, -0.2) is 0 Å². The van der Waals surface area contributed by atoms with Gasteiger partial charge in [-0.15, -0.1) is 0 Å². The zero-order valence-corrected chi connectivity index (χ0v) is 12.5. The molecule has 0 unspecified atom stereocenters. The van der Waals surface area contributed by atoms with Gasteiger partial charge in [0.1, 0.15) is 6.54 Å². The van der Waals surface area contributed by atoms with E-state index in [1.54, 1.807) is 0 Å². The first-order valence-electron chi connectivity index (χ1n) is 8.05. The van der Waals surface area contributed by atoms with Crippen LogP contribution >= 0.6 is 0 Å². The van der Waals surface area contributed by atoms with Gasteiger partial charge in [-0.3, -0.25) is 9.48 Å². The van der Waals surface area contributed by atoms with Gasteiger partial charge in [0.15, 0.2) is 0 Å². The Morgan fingerprint density at radius 1 is 1.25 bits per heavy atom. The number of carbonyl (C=O) groups excluding carboxylic acids is 1. The van der Waals surface area contributed by atoms with Crippen LogP contribution in [0.5, 0.6) is 0 Å². The molecule has 0 aromatic carbocycles. The molecule has 2 aliphatic rings. The Labute approximate surface area is 121 Å². The van der Waals surface area contributed by atoms with Gasteiger partial charge in [0, 0.05) is 19.3 Å². The smallest absolute Gasteiger partial charge is 0.244 e. The first-order valence-corrected chi connectivity index (χ1v) is 8.05. The number of aromatic nitrogens is 2. The number of hydrogen-bond acceptors (Lipinski definition) is 2. The molecule has 1 saturated heterocycles. The van der Waals surface area contributed by atoms with Crippen molar-refractivity contribution in [3.05, 3.63) is 17.5 Å². The summed E-state index contributed by atoms with van der Waals surface area (Å²) in [5.41, 5.74) is 2.59. The molecule has 0 bridgehead atoms. The van der Waals surface area contributed by atoms with Gasteiger partial charge in [0.25, 0.3) is 0 Å². The van der Waals surface area contributed by atoms with Gasteiger partial charge in [-0.05, 0) is 50.0 Å². The van der Waals surface area contributed by atoms with Crippen molar-refractivity contribution < 1.29 is 4.79 Å². The van der Waals surface area contributed by atoms with E-state index in [1.807, 2.05) is 9.58 Å². The average molecular weight is 275 g/mol. The summed E-state index contributed by atoms with van der Waals surface area (Å²) >= 11 is 0. The van der Waals surface area contributed by atoms with Crippen molar-refractivity contribution in [3.63, 3.8) is 0 Å². The summed E-state index contributed by atoms with van der Waals surface area (Å²) in [6, 6.07) is 0. The van der Waals surface area contributed by atoms with Gasteiger partial charge < -0.3 is 4.90 Å². The fraction of sp³-hybridized carbons (Fsp3) is 0.750. The van der Waals surface area contributed by atoms with Crippen molar-refractivity contribution >= 4 is 5.91 Å². The van der Waals surface area contributed by atoms with Gasteiger partial charge in [0.05, 0.1) is 5.69 Å². The second kappa shape index (κ2) is 5.98. The van der Waals surface area contributed by atoms with Crippen LogP contribution < -0.4 is 0 Å².